The quantitative estimate of drug-likeness (QED) is 0.615. The summed E-state index contributed by atoms with van der Waals surface area (Å²) in [4.78, 5) is 6.79. The lowest BCUT2D eigenvalue weighted by atomic mass is 9.68. The van der Waals surface area contributed by atoms with Gasteiger partial charge >= 0.3 is 0 Å². The van der Waals surface area contributed by atoms with Crippen LogP contribution in [0.25, 0.3) is 0 Å². The number of fused-ring (bicyclic) bond motifs is 1. The molecule has 2 aliphatic carbocycles. The van der Waals surface area contributed by atoms with Crippen LogP contribution in [-0.4, -0.2) is 36.5 Å². The average Bonchev–Trinajstić information content (AvgIpc) is 2.43. The van der Waals surface area contributed by atoms with E-state index in [4.69, 9.17) is 11.5 Å². The van der Waals surface area contributed by atoms with Crippen LogP contribution in [0, 0.1) is 17.8 Å². The van der Waals surface area contributed by atoms with E-state index in [-0.39, 0.29) is 30.8 Å². The molecule has 4 fully saturated rings. The molecule has 112 valence electrons. The second-order valence-corrected chi connectivity index (χ2v) is 6.23. The molecule has 4 nitrogen and oxygen atoms in total. The number of halogens is 2. The van der Waals surface area contributed by atoms with Crippen molar-refractivity contribution in [3.05, 3.63) is 0 Å². The fourth-order valence-electron chi connectivity index (χ4n) is 4.46. The smallest absolute Gasteiger partial charge is 0.185 e. The van der Waals surface area contributed by atoms with Crippen molar-refractivity contribution < 1.29 is 0 Å². The zero-order valence-electron chi connectivity index (χ0n) is 11.3. The lowest BCUT2D eigenvalue weighted by Gasteiger charge is -2.39. The lowest BCUT2D eigenvalue weighted by molar-refractivity contribution is 0.127. The highest BCUT2D eigenvalue weighted by atomic mass is 35.5. The van der Waals surface area contributed by atoms with Crippen LogP contribution in [0.3, 0.4) is 0 Å². The number of guanidine groups is 1. The summed E-state index contributed by atoms with van der Waals surface area (Å²) in [5.41, 5.74) is 10.8. The Morgan fingerprint density at radius 3 is 2.11 bits per heavy atom. The largest absolute Gasteiger partial charge is 0.370 e. The van der Waals surface area contributed by atoms with Gasteiger partial charge in [0, 0.05) is 19.1 Å². The molecule has 2 saturated heterocycles. The molecule has 4 bridgehead atoms. The van der Waals surface area contributed by atoms with Gasteiger partial charge in [-0.25, -0.2) is 0 Å². The van der Waals surface area contributed by atoms with Crippen molar-refractivity contribution in [3.8, 4) is 0 Å². The van der Waals surface area contributed by atoms with Crippen LogP contribution in [0.5, 0.6) is 0 Å². The van der Waals surface area contributed by atoms with Crippen molar-refractivity contribution in [1.82, 2.24) is 4.90 Å². The van der Waals surface area contributed by atoms with Gasteiger partial charge in [-0.1, -0.05) is 0 Å². The molecule has 2 atom stereocenters. The maximum absolute atomic E-state index is 5.38. The van der Waals surface area contributed by atoms with Crippen molar-refractivity contribution >= 4 is 30.8 Å². The molecule has 19 heavy (non-hydrogen) atoms. The SMILES string of the molecule is Cl.Cl.NC(N)=NCCN1CC2CC3CC(C2)CC1C3. The molecule has 0 aromatic rings. The van der Waals surface area contributed by atoms with Crippen molar-refractivity contribution in [1.29, 1.82) is 0 Å². The molecule has 0 aromatic heterocycles. The maximum Gasteiger partial charge on any atom is 0.185 e. The molecule has 0 aromatic carbocycles. The van der Waals surface area contributed by atoms with Crippen molar-refractivity contribution in [2.45, 2.75) is 38.1 Å². The lowest BCUT2D eigenvalue weighted by Crippen LogP contribution is -2.39. The van der Waals surface area contributed by atoms with Crippen molar-refractivity contribution in [2.75, 3.05) is 19.6 Å². The first-order valence-electron chi connectivity index (χ1n) is 7.00. The predicted octanol–water partition coefficient (Wildman–Crippen LogP) is 1.61. The molecular formula is C13H26Cl2N4. The summed E-state index contributed by atoms with van der Waals surface area (Å²) in [7, 11) is 0. The molecule has 0 spiro atoms. The van der Waals surface area contributed by atoms with E-state index in [1.807, 2.05) is 0 Å². The minimum absolute atomic E-state index is 0. The second kappa shape index (κ2) is 7.00. The van der Waals surface area contributed by atoms with Gasteiger partial charge < -0.3 is 11.5 Å². The topological polar surface area (TPSA) is 67.6 Å². The highest BCUT2D eigenvalue weighted by Gasteiger charge is 2.42. The van der Waals surface area contributed by atoms with Gasteiger partial charge in [-0.15, -0.1) is 24.8 Å². The standard InChI is InChI=1S/C13H24N4.2ClH/c14-13(15)16-1-2-17-8-11-4-9-3-10(5-11)7-12(17)6-9;;/h9-12H,1-8H2,(H4,14,15,16);2*1H. The molecule has 6 heteroatoms. The van der Waals surface area contributed by atoms with Crippen LogP contribution in [-0.2, 0) is 0 Å². The molecule has 0 radical (unpaired) electrons. The molecular weight excluding hydrogens is 283 g/mol. The summed E-state index contributed by atoms with van der Waals surface area (Å²) in [6.07, 6.45) is 7.32. The summed E-state index contributed by atoms with van der Waals surface area (Å²) < 4.78 is 0. The van der Waals surface area contributed by atoms with Crippen LogP contribution in [0.1, 0.15) is 32.1 Å². The third-order valence-corrected chi connectivity index (χ3v) is 4.90. The number of hydrogen-bond acceptors (Lipinski definition) is 2. The minimum atomic E-state index is 0. The molecule has 4 aliphatic rings. The molecule has 2 aliphatic heterocycles. The van der Waals surface area contributed by atoms with Crippen LogP contribution >= 0.6 is 24.8 Å². The van der Waals surface area contributed by atoms with Gasteiger partial charge in [0.25, 0.3) is 0 Å². The average molecular weight is 309 g/mol. The van der Waals surface area contributed by atoms with E-state index in [1.165, 1.54) is 38.6 Å². The highest BCUT2D eigenvalue weighted by molar-refractivity contribution is 5.85. The summed E-state index contributed by atoms with van der Waals surface area (Å²) >= 11 is 0. The van der Waals surface area contributed by atoms with Crippen molar-refractivity contribution in [3.63, 3.8) is 0 Å². The summed E-state index contributed by atoms with van der Waals surface area (Å²) in [6, 6.07) is 0.820. The van der Waals surface area contributed by atoms with Gasteiger partial charge in [0.2, 0.25) is 0 Å². The van der Waals surface area contributed by atoms with Gasteiger partial charge in [-0.3, -0.25) is 9.89 Å². The number of nitrogens with two attached hydrogens (primary N) is 2. The zero-order valence-corrected chi connectivity index (χ0v) is 13.0. The molecule has 4 rings (SSSR count). The fraction of sp³-hybridized carbons (Fsp3) is 0.923. The summed E-state index contributed by atoms with van der Waals surface area (Å²) in [6.45, 7) is 3.09. The summed E-state index contributed by atoms with van der Waals surface area (Å²) in [5.74, 6) is 3.22. The Morgan fingerprint density at radius 2 is 1.53 bits per heavy atom. The first-order chi connectivity index (χ1) is 8.20. The molecule has 2 saturated carbocycles. The fourth-order valence-corrected chi connectivity index (χ4v) is 4.46. The van der Waals surface area contributed by atoms with Gasteiger partial charge in [-0.2, -0.15) is 0 Å². The summed E-state index contributed by atoms with van der Waals surface area (Å²) in [5, 5.41) is 0. The Hall–Kier alpha value is -0.190. The third kappa shape index (κ3) is 3.89. The Morgan fingerprint density at radius 1 is 0.947 bits per heavy atom. The van der Waals surface area contributed by atoms with E-state index in [0.29, 0.717) is 0 Å². The zero-order chi connectivity index (χ0) is 11.8. The number of rotatable bonds is 3. The normalized spacial score (nSPS) is 36.0. The first kappa shape index (κ1) is 16.9. The van der Waals surface area contributed by atoms with Gasteiger partial charge in [-0.05, 0) is 49.9 Å². The van der Waals surface area contributed by atoms with E-state index in [2.05, 4.69) is 9.89 Å². The Kier molecular flexibility index (Phi) is 6.21. The first-order valence-corrected chi connectivity index (χ1v) is 7.00. The monoisotopic (exact) mass is 308 g/mol. The molecule has 2 heterocycles. The molecule has 2 unspecified atom stereocenters. The van der Waals surface area contributed by atoms with Crippen LogP contribution in [0.2, 0.25) is 0 Å². The van der Waals surface area contributed by atoms with Crippen molar-refractivity contribution in [2.24, 2.45) is 34.2 Å². The van der Waals surface area contributed by atoms with Crippen LogP contribution in [0.4, 0.5) is 0 Å². The van der Waals surface area contributed by atoms with E-state index in [0.717, 1.165) is 36.9 Å². The number of hydrogen-bond donors (Lipinski definition) is 2. The van der Waals surface area contributed by atoms with E-state index < -0.39 is 0 Å². The maximum atomic E-state index is 5.38. The molecule has 0 amide bonds. The van der Waals surface area contributed by atoms with E-state index in [9.17, 15) is 0 Å². The van der Waals surface area contributed by atoms with Gasteiger partial charge in [0.15, 0.2) is 5.96 Å². The Balaban J connectivity index is 0.000000902. The molecule has 4 N–H and O–H groups in total. The van der Waals surface area contributed by atoms with Crippen LogP contribution in [0.15, 0.2) is 4.99 Å². The predicted molar refractivity (Wildman–Crippen MR) is 84.1 cm³/mol. The van der Waals surface area contributed by atoms with Crippen LogP contribution < -0.4 is 11.5 Å². The number of aliphatic imine (C=N–C) groups is 1. The highest BCUT2D eigenvalue weighted by Crippen LogP contribution is 2.47. The van der Waals surface area contributed by atoms with E-state index >= 15 is 0 Å². The Labute approximate surface area is 128 Å². The number of nitrogens with zero attached hydrogens (tertiary/aromatic N) is 2. The van der Waals surface area contributed by atoms with Gasteiger partial charge in [0.05, 0.1) is 6.54 Å². The van der Waals surface area contributed by atoms with Gasteiger partial charge in [0.1, 0.15) is 0 Å². The third-order valence-electron chi connectivity index (χ3n) is 4.90. The van der Waals surface area contributed by atoms with E-state index in [1.54, 1.807) is 0 Å². The minimum Gasteiger partial charge on any atom is -0.370 e. The second-order valence-electron chi connectivity index (χ2n) is 6.23. The Bertz CT molecular complexity index is 306.